The van der Waals surface area contributed by atoms with Crippen molar-refractivity contribution in [3.63, 3.8) is 0 Å². The Morgan fingerprint density at radius 3 is 2.72 bits per heavy atom. The molecule has 1 saturated carbocycles. The van der Waals surface area contributed by atoms with Gasteiger partial charge in [-0.05, 0) is 38.0 Å². The number of fused-ring (bicyclic) bond motifs is 1. The van der Waals surface area contributed by atoms with Crippen LogP contribution in [0.4, 0.5) is 0 Å². The van der Waals surface area contributed by atoms with Crippen molar-refractivity contribution < 1.29 is 14.1 Å². The third-order valence-electron chi connectivity index (χ3n) is 5.95. The van der Waals surface area contributed by atoms with E-state index in [-0.39, 0.29) is 5.91 Å². The molecule has 0 atom stereocenters. The molecule has 1 fully saturated rings. The van der Waals surface area contributed by atoms with Crippen LogP contribution in [0.3, 0.4) is 0 Å². The molecule has 0 bridgehead atoms. The molecule has 2 aromatic heterocycles. The van der Waals surface area contributed by atoms with E-state index in [1.165, 1.54) is 12.8 Å². The largest absolute Gasteiger partial charge is 0.497 e. The quantitative estimate of drug-likeness (QED) is 0.628. The van der Waals surface area contributed by atoms with Gasteiger partial charge in [0.25, 0.3) is 5.91 Å². The fourth-order valence-electron chi connectivity index (χ4n) is 4.45. The predicted molar refractivity (Wildman–Crippen MR) is 110 cm³/mol. The van der Waals surface area contributed by atoms with Gasteiger partial charge in [0.15, 0.2) is 5.82 Å². The van der Waals surface area contributed by atoms with Gasteiger partial charge in [-0.1, -0.05) is 18.0 Å². The number of nitrogens with zero attached hydrogens (tertiary/aromatic N) is 4. The second kappa shape index (κ2) is 7.89. The van der Waals surface area contributed by atoms with Crippen molar-refractivity contribution in [3.05, 3.63) is 41.2 Å². The van der Waals surface area contributed by atoms with Crippen LogP contribution in [0.15, 0.2) is 22.7 Å². The number of rotatable bonds is 6. The van der Waals surface area contributed by atoms with E-state index in [2.05, 4.69) is 27.7 Å². The van der Waals surface area contributed by atoms with Gasteiger partial charge in [-0.15, -0.1) is 0 Å². The number of aryl methyl sites for hydroxylation is 1. The summed E-state index contributed by atoms with van der Waals surface area (Å²) in [5, 5.41) is 4.88. The smallest absolute Gasteiger partial charge is 0.256 e. The van der Waals surface area contributed by atoms with Gasteiger partial charge in [-0.3, -0.25) is 4.79 Å². The Kier molecular flexibility index (Phi) is 5.30. The lowest BCUT2D eigenvalue weighted by atomic mass is 10.1. The van der Waals surface area contributed by atoms with E-state index < -0.39 is 0 Å². The molecule has 7 heteroatoms. The van der Waals surface area contributed by atoms with E-state index in [1.807, 2.05) is 19.2 Å². The number of aromatic nitrogens is 3. The Labute approximate surface area is 170 Å². The predicted octanol–water partition coefficient (Wildman–Crippen LogP) is 4.08. The molecule has 0 radical (unpaired) electrons. The summed E-state index contributed by atoms with van der Waals surface area (Å²) in [4.78, 5) is 19.4. The molecule has 4 rings (SSSR count). The number of ether oxygens (including phenoxy) is 1. The lowest BCUT2D eigenvalue weighted by Crippen LogP contribution is -2.29. The summed E-state index contributed by atoms with van der Waals surface area (Å²) < 4.78 is 12.8. The molecule has 1 amide bonds. The van der Waals surface area contributed by atoms with Crippen LogP contribution in [-0.4, -0.2) is 46.2 Å². The first kappa shape index (κ1) is 19.5. The number of hydrogen-bond acceptors (Lipinski definition) is 5. The van der Waals surface area contributed by atoms with Gasteiger partial charge in [-0.2, -0.15) is 4.98 Å². The van der Waals surface area contributed by atoms with Gasteiger partial charge in [0.2, 0.25) is 5.89 Å². The number of benzene rings is 1. The van der Waals surface area contributed by atoms with Crippen molar-refractivity contribution in [3.8, 4) is 5.75 Å². The van der Waals surface area contributed by atoms with Crippen LogP contribution >= 0.6 is 0 Å². The Morgan fingerprint density at radius 1 is 1.31 bits per heavy atom. The fraction of sp³-hybridized carbons (Fsp3) is 0.500. The average Bonchev–Trinajstić information content (AvgIpc) is 3.44. The van der Waals surface area contributed by atoms with Crippen LogP contribution in [-0.2, 0) is 6.42 Å². The second-order valence-corrected chi connectivity index (χ2v) is 7.86. The summed E-state index contributed by atoms with van der Waals surface area (Å²) in [6.45, 7) is 4.35. The molecule has 0 aliphatic heterocycles. The molecule has 0 saturated heterocycles. The maximum atomic E-state index is 13.4. The van der Waals surface area contributed by atoms with Crippen LogP contribution in [0.2, 0.25) is 0 Å². The molecule has 1 aromatic carbocycles. The SMILES string of the molecule is COc1ccc2c(c1)c(C(=O)N(C)CCc1noc(C)n1)c(C)n2C1CCCC1. The van der Waals surface area contributed by atoms with Gasteiger partial charge >= 0.3 is 0 Å². The molecule has 0 unspecified atom stereocenters. The molecule has 3 aromatic rings. The zero-order chi connectivity index (χ0) is 20.5. The highest BCUT2D eigenvalue weighted by atomic mass is 16.5. The number of hydrogen-bond donors (Lipinski definition) is 0. The third kappa shape index (κ3) is 3.61. The first-order valence-corrected chi connectivity index (χ1v) is 10.2. The van der Waals surface area contributed by atoms with E-state index in [9.17, 15) is 4.79 Å². The number of carbonyl (C=O) groups is 1. The van der Waals surface area contributed by atoms with Crippen molar-refractivity contribution >= 4 is 16.8 Å². The van der Waals surface area contributed by atoms with Crippen LogP contribution in [0.25, 0.3) is 10.9 Å². The molecule has 0 N–H and O–H groups in total. The van der Waals surface area contributed by atoms with Crippen LogP contribution in [0.1, 0.15) is 59.5 Å². The lowest BCUT2D eigenvalue weighted by Gasteiger charge is -2.18. The van der Waals surface area contributed by atoms with Crippen molar-refractivity contribution in [2.24, 2.45) is 0 Å². The number of likely N-dealkylation sites (N-methyl/N-ethyl adjacent to an activating group) is 1. The fourth-order valence-corrected chi connectivity index (χ4v) is 4.45. The summed E-state index contributed by atoms with van der Waals surface area (Å²) in [6, 6.07) is 6.50. The minimum absolute atomic E-state index is 0.0118. The minimum atomic E-state index is 0.0118. The summed E-state index contributed by atoms with van der Waals surface area (Å²) in [7, 11) is 3.48. The summed E-state index contributed by atoms with van der Waals surface area (Å²) in [5.41, 5.74) is 2.91. The molecule has 1 aliphatic rings. The maximum Gasteiger partial charge on any atom is 0.256 e. The molecule has 29 heavy (non-hydrogen) atoms. The Morgan fingerprint density at radius 2 is 2.07 bits per heavy atom. The molecule has 2 heterocycles. The zero-order valence-electron chi connectivity index (χ0n) is 17.6. The van der Waals surface area contributed by atoms with E-state index in [1.54, 1.807) is 18.9 Å². The van der Waals surface area contributed by atoms with Crippen molar-refractivity contribution in [1.82, 2.24) is 19.6 Å². The minimum Gasteiger partial charge on any atom is -0.497 e. The summed E-state index contributed by atoms with van der Waals surface area (Å²) in [6.07, 6.45) is 5.37. The average molecular weight is 396 g/mol. The molecule has 154 valence electrons. The monoisotopic (exact) mass is 396 g/mol. The first-order valence-electron chi connectivity index (χ1n) is 10.2. The topological polar surface area (TPSA) is 73.4 Å². The van der Waals surface area contributed by atoms with Gasteiger partial charge in [0.05, 0.1) is 12.7 Å². The number of carbonyl (C=O) groups excluding carboxylic acids is 1. The molecule has 7 nitrogen and oxygen atoms in total. The molecular weight excluding hydrogens is 368 g/mol. The zero-order valence-corrected chi connectivity index (χ0v) is 17.6. The van der Waals surface area contributed by atoms with Crippen LogP contribution in [0.5, 0.6) is 5.75 Å². The summed E-state index contributed by atoms with van der Waals surface area (Å²) in [5.74, 6) is 1.93. The standard InChI is InChI=1S/C22H28N4O3/c1-14-21(22(27)25(3)12-11-20-23-15(2)29-24-20)18-13-17(28-4)9-10-19(18)26(14)16-7-5-6-8-16/h9-10,13,16H,5-8,11-12H2,1-4H3. The van der Waals surface area contributed by atoms with Crippen LogP contribution in [0, 0.1) is 13.8 Å². The van der Waals surface area contributed by atoms with Gasteiger partial charge < -0.3 is 18.7 Å². The third-order valence-corrected chi connectivity index (χ3v) is 5.95. The van der Waals surface area contributed by atoms with E-state index in [4.69, 9.17) is 9.26 Å². The summed E-state index contributed by atoms with van der Waals surface area (Å²) >= 11 is 0. The Hall–Kier alpha value is -2.83. The molecule has 1 aliphatic carbocycles. The highest BCUT2D eigenvalue weighted by molar-refractivity contribution is 6.08. The second-order valence-electron chi connectivity index (χ2n) is 7.86. The van der Waals surface area contributed by atoms with Gasteiger partial charge in [0, 0.05) is 49.6 Å². The Balaban J connectivity index is 1.69. The normalized spacial score (nSPS) is 14.6. The van der Waals surface area contributed by atoms with E-state index in [0.29, 0.717) is 30.7 Å². The Bertz CT molecular complexity index is 1030. The van der Waals surface area contributed by atoms with Crippen molar-refractivity contribution in [2.75, 3.05) is 20.7 Å². The van der Waals surface area contributed by atoms with Gasteiger partial charge in [0.1, 0.15) is 5.75 Å². The lowest BCUT2D eigenvalue weighted by molar-refractivity contribution is 0.0796. The van der Waals surface area contributed by atoms with E-state index in [0.717, 1.165) is 40.8 Å². The van der Waals surface area contributed by atoms with Crippen molar-refractivity contribution in [1.29, 1.82) is 0 Å². The van der Waals surface area contributed by atoms with E-state index >= 15 is 0 Å². The van der Waals surface area contributed by atoms with Crippen LogP contribution < -0.4 is 4.74 Å². The van der Waals surface area contributed by atoms with Crippen molar-refractivity contribution in [2.45, 2.75) is 52.0 Å². The first-order chi connectivity index (χ1) is 14.0. The molecular formula is C22H28N4O3. The van der Waals surface area contributed by atoms with Gasteiger partial charge in [-0.25, -0.2) is 0 Å². The highest BCUT2D eigenvalue weighted by Gasteiger charge is 2.27. The highest BCUT2D eigenvalue weighted by Crippen LogP contribution is 2.38. The maximum absolute atomic E-state index is 13.4. The number of amides is 1. The number of methoxy groups -OCH3 is 1. The molecule has 0 spiro atoms.